The van der Waals surface area contributed by atoms with Crippen LogP contribution in [0.3, 0.4) is 0 Å². The zero-order chi connectivity index (χ0) is 19.3. The molecule has 0 spiro atoms. The highest BCUT2D eigenvalue weighted by molar-refractivity contribution is 5.80. The molecule has 26 heavy (non-hydrogen) atoms. The largest absolute Gasteiger partial charge is 0.480 e. The van der Waals surface area contributed by atoms with E-state index in [-0.39, 0.29) is 36.4 Å². The summed E-state index contributed by atoms with van der Waals surface area (Å²) in [5.74, 6) is -3.31. The molecule has 1 fully saturated rings. The van der Waals surface area contributed by atoms with Crippen molar-refractivity contribution in [2.75, 3.05) is 19.6 Å². The molecule has 1 aromatic carbocycles. The molecule has 0 radical (unpaired) electrons. The number of carboxylic acids is 1. The number of likely N-dealkylation sites (tertiary alicyclic amines) is 1. The predicted octanol–water partition coefficient (Wildman–Crippen LogP) is 1.82. The molecular formula is C18H22F2N2O4. The second kappa shape index (κ2) is 8.73. The molecule has 2 rings (SSSR count). The molecule has 8 heteroatoms. The van der Waals surface area contributed by atoms with Crippen LogP contribution in [-0.4, -0.2) is 58.4 Å². The Labute approximate surface area is 150 Å². The quantitative estimate of drug-likeness (QED) is 0.860. The smallest absolute Gasteiger partial charge is 0.323 e. The number of hydrogen-bond acceptors (Lipinski definition) is 3. The van der Waals surface area contributed by atoms with Gasteiger partial charge in [-0.05, 0) is 31.4 Å². The molecule has 1 atom stereocenters. The van der Waals surface area contributed by atoms with Crippen molar-refractivity contribution in [3.63, 3.8) is 0 Å². The van der Waals surface area contributed by atoms with Gasteiger partial charge in [0.05, 0.1) is 6.42 Å². The van der Waals surface area contributed by atoms with E-state index in [1.807, 2.05) is 0 Å². The van der Waals surface area contributed by atoms with E-state index in [4.69, 9.17) is 5.11 Å². The first-order valence-electron chi connectivity index (χ1n) is 8.49. The third-order valence-corrected chi connectivity index (χ3v) is 4.59. The van der Waals surface area contributed by atoms with Gasteiger partial charge in [0.25, 0.3) is 0 Å². The number of amides is 2. The van der Waals surface area contributed by atoms with E-state index < -0.39 is 17.6 Å². The van der Waals surface area contributed by atoms with Crippen LogP contribution in [0.5, 0.6) is 0 Å². The third-order valence-electron chi connectivity index (χ3n) is 4.59. The van der Waals surface area contributed by atoms with E-state index >= 15 is 0 Å². The highest BCUT2D eigenvalue weighted by Crippen LogP contribution is 2.19. The standard InChI is InChI=1S/C18H22F2N2O4/c1-12(23)22(11-18(25)26)13-4-3-8-21(9-7-13)17(24)10-14-15(19)5-2-6-16(14)20/h2,5-6,13H,3-4,7-11H2,1H3,(H,25,26). The van der Waals surface area contributed by atoms with Gasteiger partial charge in [-0.3, -0.25) is 14.4 Å². The maximum absolute atomic E-state index is 13.7. The van der Waals surface area contributed by atoms with Crippen molar-refractivity contribution in [1.29, 1.82) is 0 Å². The van der Waals surface area contributed by atoms with E-state index in [1.54, 1.807) is 0 Å². The van der Waals surface area contributed by atoms with E-state index in [1.165, 1.54) is 22.8 Å². The van der Waals surface area contributed by atoms with Crippen LogP contribution in [0.25, 0.3) is 0 Å². The number of hydrogen-bond donors (Lipinski definition) is 1. The highest BCUT2D eigenvalue weighted by Gasteiger charge is 2.28. The monoisotopic (exact) mass is 368 g/mol. The van der Waals surface area contributed by atoms with Crippen LogP contribution in [0.2, 0.25) is 0 Å². The van der Waals surface area contributed by atoms with Gasteiger partial charge in [0.15, 0.2) is 0 Å². The lowest BCUT2D eigenvalue weighted by molar-refractivity contribution is -0.145. The summed E-state index contributed by atoms with van der Waals surface area (Å²) in [6, 6.07) is 3.20. The lowest BCUT2D eigenvalue weighted by Gasteiger charge is -2.28. The summed E-state index contributed by atoms with van der Waals surface area (Å²) < 4.78 is 27.5. The lowest BCUT2D eigenvalue weighted by atomic mass is 10.1. The molecule has 142 valence electrons. The number of carbonyl (C=O) groups is 3. The van der Waals surface area contributed by atoms with Crippen molar-refractivity contribution >= 4 is 17.8 Å². The normalized spacial score (nSPS) is 17.5. The molecule has 6 nitrogen and oxygen atoms in total. The minimum atomic E-state index is -1.09. The molecule has 1 heterocycles. The summed E-state index contributed by atoms with van der Waals surface area (Å²) in [6.45, 7) is 1.65. The fraction of sp³-hybridized carbons (Fsp3) is 0.500. The van der Waals surface area contributed by atoms with Crippen molar-refractivity contribution < 1.29 is 28.3 Å². The van der Waals surface area contributed by atoms with E-state index in [9.17, 15) is 23.2 Å². The first-order valence-corrected chi connectivity index (χ1v) is 8.49. The fourth-order valence-corrected chi connectivity index (χ4v) is 3.25. The molecule has 0 aliphatic carbocycles. The van der Waals surface area contributed by atoms with Crippen LogP contribution in [-0.2, 0) is 20.8 Å². The number of halogens is 2. The van der Waals surface area contributed by atoms with E-state index in [0.29, 0.717) is 32.4 Å². The molecule has 2 amide bonds. The SMILES string of the molecule is CC(=O)N(CC(=O)O)C1CCCN(C(=O)Cc2c(F)cccc2F)CC1. The van der Waals surface area contributed by atoms with Crippen LogP contribution in [0.15, 0.2) is 18.2 Å². The van der Waals surface area contributed by atoms with Crippen LogP contribution in [0.1, 0.15) is 31.7 Å². The number of benzene rings is 1. The van der Waals surface area contributed by atoms with Crippen LogP contribution >= 0.6 is 0 Å². The fourth-order valence-electron chi connectivity index (χ4n) is 3.25. The van der Waals surface area contributed by atoms with Crippen molar-refractivity contribution in [1.82, 2.24) is 9.80 Å². The Morgan fingerprint density at radius 3 is 2.42 bits per heavy atom. The van der Waals surface area contributed by atoms with Gasteiger partial charge >= 0.3 is 5.97 Å². The summed E-state index contributed by atoms with van der Waals surface area (Å²) >= 11 is 0. The highest BCUT2D eigenvalue weighted by atomic mass is 19.1. The minimum Gasteiger partial charge on any atom is -0.480 e. The predicted molar refractivity (Wildman–Crippen MR) is 89.3 cm³/mol. The van der Waals surface area contributed by atoms with Gasteiger partial charge in [0.2, 0.25) is 11.8 Å². The van der Waals surface area contributed by atoms with Crippen LogP contribution in [0.4, 0.5) is 8.78 Å². The first-order chi connectivity index (χ1) is 12.3. The Bertz CT molecular complexity index is 676. The number of rotatable bonds is 5. The van der Waals surface area contributed by atoms with Crippen LogP contribution in [0, 0.1) is 11.6 Å². The minimum absolute atomic E-state index is 0.255. The van der Waals surface area contributed by atoms with Gasteiger partial charge < -0.3 is 14.9 Å². The summed E-state index contributed by atoms with van der Waals surface area (Å²) in [5, 5.41) is 8.96. The Kier molecular flexibility index (Phi) is 6.65. The van der Waals surface area contributed by atoms with Gasteiger partial charge in [0.1, 0.15) is 18.2 Å². The Morgan fingerprint density at radius 1 is 1.19 bits per heavy atom. The summed E-state index contributed by atoms with van der Waals surface area (Å²) in [4.78, 5) is 37.9. The molecule has 1 aliphatic heterocycles. The van der Waals surface area contributed by atoms with Gasteiger partial charge in [0, 0.05) is 31.6 Å². The average Bonchev–Trinajstić information content (AvgIpc) is 2.81. The maximum Gasteiger partial charge on any atom is 0.323 e. The molecule has 0 aromatic heterocycles. The van der Waals surface area contributed by atoms with Crippen molar-refractivity contribution in [3.8, 4) is 0 Å². The second-order valence-corrected chi connectivity index (χ2v) is 6.38. The zero-order valence-corrected chi connectivity index (χ0v) is 14.6. The number of nitrogens with zero attached hydrogens (tertiary/aromatic N) is 2. The molecule has 1 unspecified atom stereocenters. The molecule has 1 saturated heterocycles. The Hall–Kier alpha value is -2.51. The molecule has 0 saturated carbocycles. The molecule has 1 aliphatic rings. The Balaban J connectivity index is 2.02. The first kappa shape index (κ1) is 19.8. The number of carboxylic acid groups (broad SMARTS) is 1. The van der Waals surface area contributed by atoms with Gasteiger partial charge in [-0.1, -0.05) is 6.07 Å². The third kappa shape index (κ3) is 5.00. The summed E-state index contributed by atoms with van der Waals surface area (Å²) in [7, 11) is 0. The average molecular weight is 368 g/mol. The van der Waals surface area contributed by atoms with Crippen molar-refractivity contribution in [2.45, 2.75) is 38.6 Å². The van der Waals surface area contributed by atoms with Gasteiger partial charge in [-0.15, -0.1) is 0 Å². The molecule has 1 aromatic rings. The van der Waals surface area contributed by atoms with Crippen LogP contribution < -0.4 is 0 Å². The summed E-state index contributed by atoms with van der Waals surface area (Å²) in [6.07, 6.45) is 1.22. The molecule has 0 bridgehead atoms. The second-order valence-electron chi connectivity index (χ2n) is 6.38. The van der Waals surface area contributed by atoms with Gasteiger partial charge in [-0.25, -0.2) is 8.78 Å². The topological polar surface area (TPSA) is 77.9 Å². The van der Waals surface area contributed by atoms with E-state index in [0.717, 1.165) is 12.1 Å². The zero-order valence-electron chi connectivity index (χ0n) is 14.6. The Morgan fingerprint density at radius 2 is 1.85 bits per heavy atom. The maximum atomic E-state index is 13.7. The van der Waals surface area contributed by atoms with Gasteiger partial charge in [-0.2, -0.15) is 0 Å². The number of aliphatic carboxylic acids is 1. The van der Waals surface area contributed by atoms with E-state index in [2.05, 4.69) is 0 Å². The lowest BCUT2D eigenvalue weighted by Crippen LogP contribution is -2.43. The summed E-state index contributed by atoms with van der Waals surface area (Å²) in [5.41, 5.74) is -0.255. The van der Waals surface area contributed by atoms with Crippen molar-refractivity contribution in [2.24, 2.45) is 0 Å². The molecule has 1 N–H and O–H groups in total. The van der Waals surface area contributed by atoms with Crippen molar-refractivity contribution in [3.05, 3.63) is 35.4 Å². The number of carbonyl (C=O) groups excluding carboxylic acids is 2. The molecular weight excluding hydrogens is 346 g/mol.